The smallest absolute Gasteiger partial charge is 0.0959 e. The van der Waals surface area contributed by atoms with E-state index in [9.17, 15) is 53.5 Å². The number of carboxylic acid groups (broad SMARTS) is 1. The quantitative estimate of drug-likeness (QED) is 0.167. The Morgan fingerprint density at radius 1 is 1.07 bits per heavy atom. The number of aliphatic carboxylic acids is 1. The molecule has 0 fully saturated rings. The van der Waals surface area contributed by atoms with Crippen LogP contribution < -0.4 is 39.6 Å². The molecule has 29 heavy (non-hydrogen) atoms. The maximum Gasteiger partial charge on any atom is 0.0959 e. The van der Waals surface area contributed by atoms with Gasteiger partial charge in [-0.3, -0.25) is 0 Å². The van der Waals surface area contributed by atoms with Gasteiger partial charge in [0.05, 0.1) is 11.4 Å². The molecule has 0 aliphatic rings. The molecule has 0 rings (SSSR count). The van der Waals surface area contributed by atoms with Crippen molar-refractivity contribution in [3.05, 3.63) is 0 Å². The minimum absolute atomic E-state index is 0.620. The van der Waals surface area contributed by atoms with Crippen molar-refractivity contribution in [1.29, 1.82) is 0 Å². The topological polar surface area (TPSA) is 254 Å². The minimum atomic E-state index is -5.89. The van der Waals surface area contributed by atoms with Crippen LogP contribution in [0, 0.1) is 5.92 Å². The van der Waals surface area contributed by atoms with E-state index in [-0.39, 0.29) is 0 Å². The van der Waals surface area contributed by atoms with Crippen LogP contribution in [-0.4, -0.2) is 29.4 Å². The molecule has 0 bridgehead atoms. The van der Waals surface area contributed by atoms with Gasteiger partial charge in [-0.05, 0) is 52.2 Å². The molecule has 0 aromatic heterocycles. The highest BCUT2D eigenvalue weighted by Crippen LogP contribution is 2.56. The number of carbonyl (C=O) groups excluding carboxylic acids is 1. The highest BCUT2D eigenvalue weighted by Gasteiger charge is 2.40. The number of carbonyl (C=O) groups is 1. The number of ether oxygens (including phenoxy) is 1. The lowest BCUT2D eigenvalue weighted by Gasteiger charge is -2.56. The molecule has 4 atom stereocenters. The SMILES string of the molecule is CCC(CC(CC(C)(CC(C)OC[O-])P(=O)([O-])[O-])C(=O)[O-])(OP([O-])[O-])P(=O)([O-])[O-]. The molecular formula is C13H21O13P3-8. The summed E-state index contributed by atoms with van der Waals surface area (Å²) in [6, 6.07) is 0. The highest BCUT2D eigenvalue weighted by atomic mass is 31.2. The molecule has 4 unspecified atom stereocenters. The van der Waals surface area contributed by atoms with E-state index in [0.29, 0.717) is 0 Å². The predicted octanol–water partition coefficient (Wildman–Crippen LogP) is -5.10. The Balaban J connectivity index is 6.07. The molecule has 0 aromatic rings. The lowest BCUT2D eigenvalue weighted by Crippen LogP contribution is -2.49. The van der Waals surface area contributed by atoms with E-state index in [1.807, 2.05) is 0 Å². The van der Waals surface area contributed by atoms with Crippen molar-refractivity contribution >= 4 is 29.8 Å². The predicted molar refractivity (Wildman–Crippen MR) is 82.4 cm³/mol. The van der Waals surface area contributed by atoms with Crippen LogP contribution in [0.2, 0.25) is 0 Å². The van der Waals surface area contributed by atoms with Crippen LogP contribution >= 0.6 is 23.8 Å². The first-order chi connectivity index (χ1) is 12.9. The van der Waals surface area contributed by atoms with Crippen molar-refractivity contribution in [2.45, 2.75) is 63.1 Å². The standard InChI is InChI=1S/C13H26O13P3/c1-4-13(26-27(17)18,29(22,23)24)7-10(11(15)16)6-12(3,28(19,20)21)5-9(2)25-8-14/h9-10H,4-8H2,1-3H3,(H,15,16)(H2,19,20,21)(H2,22,23,24)/q-3/p-5. The van der Waals surface area contributed by atoms with Crippen molar-refractivity contribution in [3.63, 3.8) is 0 Å². The largest absolute Gasteiger partial charge is 0.834 e. The summed E-state index contributed by atoms with van der Waals surface area (Å²) < 4.78 is 32.3. The van der Waals surface area contributed by atoms with Gasteiger partial charge in [-0.1, -0.05) is 21.4 Å². The first-order valence-corrected chi connectivity index (χ1v) is 12.4. The fourth-order valence-corrected chi connectivity index (χ4v) is 5.83. The Hall–Kier alpha value is -0.000000000000000153. The van der Waals surface area contributed by atoms with Gasteiger partial charge in [0, 0.05) is 11.9 Å². The van der Waals surface area contributed by atoms with Gasteiger partial charge in [0.15, 0.2) is 0 Å². The van der Waals surface area contributed by atoms with Crippen molar-refractivity contribution in [1.82, 2.24) is 0 Å². The zero-order valence-corrected chi connectivity index (χ0v) is 18.5. The summed E-state index contributed by atoms with van der Waals surface area (Å²) in [5.74, 6) is -4.10. The molecule has 174 valence electrons. The van der Waals surface area contributed by atoms with E-state index in [1.54, 1.807) is 0 Å². The van der Waals surface area contributed by atoms with Gasteiger partial charge < -0.3 is 62.8 Å². The molecule has 0 spiro atoms. The molecule has 0 saturated carbocycles. The van der Waals surface area contributed by atoms with Crippen LogP contribution in [0.3, 0.4) is 0 Å². The second-order valence-corrected chi connectivity index (χ2v) is 11.3. The second kappa shape index (κ2) is 11.0. The number of hydrogen-bond donors (Lipinski definition) is 0. The molecule has 0 saturated heterocycles. The molecule has 0 N–H and O–H groups in total. The normalized spacial score (nSPS) is 19.4. The van der Waals surface area contributed by atoms with Gasteiger partial charge >= 0.3 is 0 Å². The lowest BCUT2D eigenvalue weighted by atomic mass is 9.87. The third-order valence-corrected chi connectivity index (χ3v) is 8.54. The summed E-state index contributed by atoms with van der Waals surface area (Å²) in [5, 5.41) is 16.7. The van der Waals surface area contributed by atoms with Crippen LogP contribution in [-0.2, 0) is 23.2 Å². The fraction of sp³-hybridized carbons (Fsp3) is 0.923. The first-order valence-electron chi connectivity index (χ1n) is 8.23. The molecule has 0 heterocycles. The van der Waals surface area contributed by atoms with Crippen LogP contribution in [0.1, 0.15) is 46.5 Å². The van der Waals surface area contributed by atoms with E-state index in [0.717, 1.165) is 13.8 Å². The van der Waals surface area contributed by atoms with Gasteiger partial charge in [-0.25, -0.2) is 0 Å². The molecular weight excluding hydrogens is 457 g/mol. The third kappa shape index (κ3) is 8.22. The van der Waals surface area contributed by atoms with Crippen molar-refractivity contribution in [2.75, 3.05) is 6.79 Å². The van der Waals surface area contributed by atoms with Crippen molar-refractivity contribution in [2.24, 2.45) is 5.92 Å². The van der Waals surface area contributed by atoms with Crippen molar-refractivity contribution in [3.8, 4) is 0 Å². The van der Waals surface area contributed by atoms with Gasteiger partial charge in [0.25, 0.3) is 0 Å². The van der Waals surface area contributed by atoms with Crippen molar-refractivity contribution < 1.29 is 62.8 Å². The monoisotopic (exact) mass is 478 g/mol. The molecule has 13 nitrogen and oxygen atoms in total. The number of hydrogen-bond acceptors (Lipinski definition) is 13. The van der Waals surface area contributed by atoms with Gasteiger partial charge in [-0.15, -0.1) is 0 Å². The third-order valence-electron chi connectivity index (χ3n) is 4.62. The van der Waals surface area contributed by atoms with Gasteiger partial charge in [-0.2, -0.15) is 8.60 Å². The van der Waals surface area contributed by atoms with Crippen LogP contribution in [0.5, 0.6) is 0 Å². The summed E-state index contributed by atoms with van der Waals surface area (Å²) in [5.41, 5.74) is 0. The zero-order valence-electron chi connectivity index (χ0n) is 15.8. The fourth-order valence-electron chi connectivity index (χ4n) is 3.00. The number of rotatable bonds is 14. The zero-order chi connectivity index (χ0) is 23.3. The lowest BCUT2D eigenvalue weighted by molar-refractivity contribution is -0.437. The Morgan fingerprint density at radius 3 is 1.90 bits per heavy atom. The van der Waals surface area contributed by atoms with E-state index >= 15 is 0 Å². The van der Waals surface area contributed by atoms with E-state index in [2.05, 4.69) is 9.26 Å². The summed E-state index contributed by atoms with van der Waals surface area (Å²) in [7, 11) is -15.3. The van der Waals surface area contributed by atoms with Crippen LogP contribution in [0.4, 0.5) is 0 Å². The Morgan fingerprint density at radius 2 is 1.59 bits per heavy atom. The summed E-state index contributed by atoms with van der Waals surface area (Å²) >= 11 is 0. The van der Waals surface area contributed by atoms with Gasteiger partial charge in [0.2, 0.25) is 0 Å². The average Bonchev–Trinajstić information content (AvgIpc) is 2.50. The summed E-state index contributed by atoms with van der Waals surface area (Å²) in [6.45, 7) is 2.10. The Bertz CT molecular complexity index is 631. The molecule has 0 aliphatic heterocycles. The second-order valence-electron chi connectivity index (χ2n) is 6.83. The molecule has 0 aliphatic carbocycles. The van der Waals surface area contributed by atoms with Gasteiger partial charge in [0.1, 0.15) is 0 Å². The molecule has 16 heteroatoms. The Kier molecular flexibility index (Phi) is 11.0. The van der Waals surface area contributed by atoms with Crippen LogP contribution in [0.25, 0.3) is 0 Å². The highest BCUT2D eigenvalue weighted by molar-refractivity contribution is 7.51. The van der Waals surface area contributed by atoms with E-state index in [4.69, 9.17) is 0 Å². The number of carboxylic acids is 1. The summed E-state index contributed by atoms with van der Waals surface area (Å²) in [6.07, 6.45) is -4.78. The van der Waals surface area contributed by atoms with E-state index < -0.39 is 84.8 Å². The molecule has 0 amide bonds. The maximum atomic E-state index is 11.8. The first kappa shape index (κ1) is 29.0. The average molecular weight is 478 g/mol. The van der Waals surface area contributed by atoms with Crippen LogP contribution in [0.15, 0.2) is 0 Å². The minimum Gasteiger partial charge on any atom is -0.834 e. The Labute approximate surface area is 169 Å². The molecule has 0 radical (unpaired) electrons. The molecule has 0 aromatic carbocycles. The maximum absolute atomic E-state index is 11.8. The van der Waals surface area contributed by atoms with E-state index in [1.165, 1.54) is 6.92 Å². The summed E-state index contributed by atoms with van der Waals surface area (Å²) in [4.78, 5) is 80.2.